The Morgan fingerprint density at radius 2 is 2.16 bits per heavy atom. The van der Waals surface area contributed by atoms with Crippen LogP contribution >= 0.6 is 0 Å². The van der Waals surface area contributed by atoms with E-state index in [-0.39, 0.29) is 0 Å². The summed E-state index contributed by atoms with van der Waals surface area (Å²) in [5.74, 6) is -2.07. The number of benzene rings is 1. The molecule has 1 aromatic carbocycles. The highest BCUT2D eigenvalue weighted by atomic mass is 19.3. The van der Waals surface area contributed by atoms with E-state index in [1.54, 1.807) is 0 Å². The van der Waals surface area contributed by atoms with Gasteiger partial charge in [0.15, 0.2) is 0 Å². The van der Waals surface area contributed by atoms with Gasteiger partial charge in [-0.1, -0.05) is 0 Å². The predicted octanol–water partition coefficient (Wildman–Crippen LogP) is 1.85. The van der Waals surface area contributed by atoms with Gasteiger partial charge in [-0.25, -0.2) is 4.79 Å². The van der Waals surface area contributed by atoms with Crippen LogP contribution in [0.15, 0.2) is 12.1 Å². The van der Waals surface area contributed by atoms with Crippen LogP contribution in [0.5, 0.6) is 5.75 Å². The number of nitriles is 1. The maximum Gasteiger partial charge on any atom is 0.387 e. The maximum absolute atomic E-state index is 12.2. The number of hydrogen-bond donors (Lipinski definition) is 0. The quantitative estimate of drug-likeness (QED) is 0.470. The van der Waals surface area contributed by atoms with Crippen molar-refractivity contribution in [3.05, 3.63) is 33.4 Å². The van der Waals surface area contributed by atoms with Crippen molar-refractivity contribution in [1.29, 1.82) is 5.26 Å². The molecule has 0 saturated heterocycles. The van der Waals surface area contributed by atoms with Crippen LogP contribution in [-0.4, -0.2) is 24.6 Å². The Kier molecular flexibility index (Phi) is 4.31. The SMILES string of the molecule is COC(=O)c1ccc(C#N)c(OC(F)F)c1[N+](=O)[O-]. The van der Waals surface area contributed by atoms with Crippen LogP contribution in [0.3, 0.4) is 0 Å². The van der Waals surface area contributed by atoms with E-state index in [1.807, 2.05) is 0 Å². The minimum atomic E-state index is -3.38. The van der Waals surface area contributed by atoms with Crippen LogP contribution in [0.25, 0.3) is 0 Å². The summed E-state index contributed by atoms with van der Waals surface area (Å²) in [6.45, 7) is -3.38. The molecule has 0 heterocycles. The average Bonchev–Trinajstić information content (AvgIpc) is 2.36. The van der Waals surface area contributed by atoms with Gasteiger partial charge in [0.25, 0.3) is 0 Å². The third kappa shape index (κ3) is 2.92. The van der Waals surface area contributed by atoms with E-state index in [9.17, 15) is 23.7 Å². The van der Waals surface area contributed by atoms with E-state index in [2.05, 4.69) is 9.47 Å². The Labute approximate surface area is 105 Å². The topological polar surface area (TPSA) is 102 Å². The Morgan fingerprint density at radius 3 is 2.58 bits per heavy atom. The number of alkyl halides is 2. The fourth-order valence-corrected chi connectivity index (χ4v) is 1.32. The molecule has 0 atom stereocenters. The highest BCUT2D eigenvalue weighted by molar-refractivity contribution is 5.95. The van der Waals surface area contributed by atoms with Gasteiger partial charge in [0.1, 0.15) is 17.2 Å². The van der Waals surface area contributed by atoms with Gasteiger partial charge in [-0.2, -0.15) is 14.0 Å². The van der Waals surface area contributed by atoms with E-state index in [4.69, 9.17) is 5.26 Å². The zero-order chi connectivity index (χ0) is 14.6. The van der Waals surface area contributed by atoms with Crippen LogP contribution in [0, 0.1) is 21.4 Å². The van der Waals surface area contributed by atoms with Crippen molar-refractivity contribution in [3.63, 3.8) is 0 Å². The van der Waals surface area contributed by atoms with Gasteiger partial charge in [-0.3, -0.25) is 10.1 Å². The molecule has 9 heteroatoms. The van der Waals surface area contributed by atoms with E-state index < -0.39 is 40.1 Å². The Balaban J connectivity index is 3.58. The second-order valence-electron chi connectivity index (χ2n) is 3.08. The largest absolute Gasteiger partial charge is 0.465 e. The number of rotatable bonds is 4. The summed E-state index contributed by atoms with van der Waals surface area (Å²) in [6.07, 6.45) is 0. The summed E-state index contributed by atoms with van der Waals surface area (Å²) < 4.78 is 32.7. The number of carbonyl (C=O) groups excluding carboxylic acids is 1. The lowest BCUT2D eigenvalue weighted by Gasteiger charge is -2.09. The molecule has 0 bridgehead atoms. The lowest BCUT2D eigenvalue weighted by Crippen LogP contribution is -2.11. The van der Waals surface area contributed by atoms with Crippen LogP contribution in [-0.2, 0) is 4.74 Å². The first-order chi connectivity index (χ1) is 8.92. The number of esters is 1. The molecular formula is C10H6F2N2O5. The molecule has 0 aliphatic rings. The average molecular weight is 272 g/mol. The van der Waals surface area contributed by atoms with Crippen LogP contribution in [0.1, 0.15) is 15.9 Å². The van der Waals surface area contributed by atoms with Gasteiger partial charge in [-0.15, -0.1) is 0 Å². The number of nitro benzene ring substituents is 1. The maximum atomic E-state index is 12.2. The molecule has 0 aromatic heterocycles. The molecule has 0 amide bonds. The molecule has 0 N–H and O–H groups in total. The number of methoxy groups -OCH3 is 1. The normalized spacial score (nSPS) is 9.84. The molecule has 7 nitrogen and oxygen atoms in total. The summed E-state index contributed by atoms with van der Waals surface area (Å²) in [7, 11) is 0.970. The molecule has 0 spiro atoms. The second kappa shape index (κ2) is 5.72. The number of carbonyl (C=O) groups is 1. The van der Waals surface area contributed by atoms with Gasteiger partial charge in [0.2, 0.25) is 5.75 Å². The first-order valence-corrected chi connectivity index (χ1v) is 4.67. The summed E-state index contributed by atoms with van der Waals surface area (Å²) in [5.41, 5.74) is -2.10. The lowest BCUT2D eigenvalue weighted by molar-refractivity contribution is -0.386. The van der Waals surface area contributed by atoms with E-state index in [0.29, 0.717) is 0 Å². The number of hydrogen-bond acceptors (Lipinski definition) is 6. The van der Waals surface area contributed by atoms with Crippen molar-refractivity contribution in [2.75, 3.05) is 7.11 Å². The van der Waals surface area contributed by atoms with Gasteiger partial charge in [-0.05, 0) is 12.1 Å². The first kappa shape index (κ1) is 14.3. The molecule has 1 aromatic rings. The molecule has 1 rings (SSSR count). The third-order valence-corrected chi connectivity index (χ3v) is 2.05. The first-order valence-electron chi connectivity index (χ1n) is 4.67. The Bertz CT molecular complexity index is 568. The van der Waals surface area contributed by atoms with Crippen LogP contribution in [0.4, 0.5) is 14.5 Å². The third-order valence-electron chi connectivity index (χ3n) is 2.05. The van der Waals surface area contributed by atoms with Crippen molar-refractivity contribution < 1.29 is 28.0 Å². The van der Waals surface area contributed by atoms with Crippen LogP contribution < -0.4 is 4.74 Å². The number of nitrogens with zero attached hydrogens (tertiary/aromatic N) is 2. The summed E-state index contributed by atoms with van der Waals surface area (Å²) in [5, 5.41) is 19.6. The Morgan fingerprint density at radius 1 is 1.53 bits per heavy atom. The number of nitro groups is 1. The summed E-state index contributed by atoms with van der Waals surface area (Å²) in [6, 6.07) is 3.35. The van der Waals surface area contributed by atoms with Crippen molar-refractivity contribution in [2.45, 2.75) is 6.61 Å². The van der Waals surface area contributed by atoms with Crippen molar-refractivity contribution in [2.24, 2.45) is 0 Å². The number of halogens is 2. The molecule has 0 aliphatic heterocycles. The lowest BCUT2D eigenvalue weighted by atomic mass is 10.1. The van der Waals surface area contributed by atoms with Crippen molar-refractivity contribution in [3.8, 4) is 11.8 Å². The summed E-state index contributed by atoms with van der Waals surface area (Å²) in [4.78, 5) is 21.1. The Hall–Kier alpha value is -2.76. The molecule has 100 valence electrons. The molecule has 0 aliphatic carbocycles. The fraction of sp³-hybridized carbons (Fsp3) is 0.200. The fourth-order valence-electron chi connectivity index (χ4n) is 1.32. The molecule has 19 heavy (non-hydrogen) atoms. The predicted molar refractivity (Wildman–Crippen MR) is 55.8 cm³/mol. The van der Waals surface area contributed by atoms with Gasteiger partial charge < -0.3 is 9.47 Å². The molecule has 0 unspecified atom stereocenters. The minimum absolute atomic E-state index is 0.486. The van der Waals surface area contributed by atoms with Gasteiger partial charge >= 0.3 is 18.3 Å². The zero-order valence-corrected chi connectivity index (χ0v) is 9.42. The zero-order valence-electron chi connectivity index (χ0n) is 9.42. The van der Waals surface area contributed by atoms with E-state index in [0.717, 1.165) is 19.2 Å². The van der Waals surface area contributed by atoms with Crippen LogP contribution in [0.2, 0.25) is 0 Å². The smallest absolute Gasteiger partial charge is 0.387 e. The molecule has 0 saturated carbocycles. The standard InChI is InChI=1S/C10H6F2N2O5/c1-18-9(15)6-3-2-5(4-13)8(19-10(11)12)7(6)14(16)17/h2-3,10H,1H3. The van der Waals surface area contributed by atoms with E-state index in [1.165, 1.54) is 6.07 Å². The second-order valence-corrected chi connectivity index (χ2v) is 3.08. The highest BCUT2D eigenvalue weighted by Gasteiger charge is 2.30. The van der Waals surface area contributed by atoms with Crippen molar-refractivity contribution in [1.82, 2.24) is 0 Å². The highest BCUT2D eigenvalue weighted by Crippen LogP contribution is 2.35. The minimum Gasteiger partial charge on any atom is -0.465 e. The van der Waals surface area contributed by atoms with Gasteiger partial charge in [0, 0.05) is 0 Å². The number of ether oxygens (including phenoxy) is 2. The summed E-state index contributed by atoms with van der Waals surface area (Å²) >= 11 is 0. The molecular weight excluding hydrogens is 266 g/mol. The van der Waals surface area contributed by atoms with Crippen molar-refractivity contribution >= 4 is 11.7 Å². The monoisotopic (exact) mass is 272 g/mol. The van der Waals surface area contributed by atoms with E-state index >= 15 is 0 Å². The molecule has 0 radical (unpaired) electrons. The molecule has 0 fully saturated rings. The van der Waals surface area contributed by atoms with Gasteiger partial charge in [0.05, 0.1) is 12.0 Å².